The smallest absolute Gasteiger partial charge is 0.339 e. The van der Waals surface area contributed by atoms with E-state index in [4.69, 9.17) is 9.47 Å². The molecule has 8 rings (SSSR count). The summed E-state index contributed by atoms with van der Waals surface area (Å²) >= 11 is 7.28. The van der Waals surface area contributed by atoms with Crippen molar-refractivity contribution < 1.29 is 29.3 Å². The number of carbonyl (C=O) groups is 2. The molecule has 0 amide bonds. The molecular formula is C86H114Br2O6. The summed E-state index contributed by atoms with van der Waals surface area (Å²) in [4.78, 5) is 26.0. The maximum atomic E-state index is 13.0. The lowest BCUT2D eigenvalue weighted by Gasteiger charge is -2.24. The number of alkyl halides is 2. The van der Waals surface area contributed by atoms with Crippen LogP contribution in [-0.2, 0) is 125 Å². The fourth-order valence-corrected chi connectivity index (χ4v) is 17.6. The van der Waals surface area contributed by atoms with Gasteiger partial charge in [0.2, 0.25) is 0 Å². The van der Waals surface area contributed by atoms with Crippen molar-refractivity contribution in [2.75, 3.05) is 24.9 Å². The van der Waals surface area contributed by atoms with Crippen LogP contribution in [0.4, 0.5) is 0 Å². The van der Waals surface area contributed by atoms with Gasteiger partial charge in [-0.3, -0.25) is 0 Å². The molecule has 0 aliphatic heterocycles. The Kier molecular flexibility index (Phi) is 29.7. The number of rotatable bonds is 26. The average molecular weight is 1400 g/mol. The second-order valence-corrected chi connectivity index (χ2v) is 25.9. The summed E-state index contributed by atoms with van der Waals surface area (Å²) in [6.07, 6.45) is 22.2. The van der Waals surface area contributed by atoms with Crippen molar-refractivity contribution in [2.24, 2.45) is 0 Å². The van der Waals surface area contributed by atoms with Crippen LogP contribution in [0.1, 0.15) is 269 Å². The summed E-state index contributed by atoms with van der Waals surface area (Å²) < 4.78 is 10.3. The Balaban J connectivity index is 0.000000224. The lowest BCUT2D eigenvalue weighted by Crippen LogP contribution is -2.18. The lowest BCUT2D eigenvalue weighted by atomic mass is 9.81. The van der Waals surface area contributed by atoms with Gasteiger partial charge >= 0.3 is 11.9 Å². The predicted molar refractivity (Wildman–Crippen MR) is 416 cm³/mol. The highest BCUT2D eigenvalue weighted by Crippen LogP contribution is 2.44. The summed E-state index contributed by atoms with van der Waals surface area (Å²) in [5, 5.41) is 35.0. The Morgan fingerprint density at radius 1 is 0.298 bits per heavy atom. The molecule has 508 valence electrons. The largest absolute Gasteiger partial charge is 0.465 e. The molecule has 0 radical (unpaired) electrons. The van der Waals surface area contributed by atoms with E-state index in [1.807, 2.05) is 13.8 Å². The van der Waals surface area contributed by atoms with Gasteiger partial charge in [0.25, 0.3) is 0 Å². The number of ether oxygens (including phenoxy) is 2. The number of esters is 2. The number of benzene rings is 8. The molecule has 0 unspecified atom stereocenters. The summed E-state index contributed by atoms with van der Waals surface area (Å²) in [7, 11) is 2.73. The maximum Gasteiger partial charge on any atom is 0.339 e. The van der Waals surface area contributed by atoms with E-state index in [1.54, 1.807) is 22.3 Å². The quantitative estimate of drug-likeness (QED) is 0.0319. The second-order valence-electron chi connectivity index (χ2n) is 24.6. The number of allylic oxidation sites excluding steroid dienone is 4. The number of aliphatic hydroxyl groups is 2. The zero-order chi connectivity index (χ0) is 69.4. The highest BCUT2D eigenvalue weighted by atomic mass is 79.9. The Morgan fingerprint density at radius 2 is 0.479 bits per heavy atom. The first-order valence-corrected chi connectivity index (χ1v) is 38.4. The molecule has 8 aromatic carbocycles. The van der Waals surface area contributed by atoms with E-state index in [1.165, 1.54) is 135 Å². The number of halogens is 2. The third-order valence-electron chi connectivity index (χ3n) is 20.8. The molecule has 0 heterocycles. The fourth-order valence-electron chi connectivity index (χ4n) is 16.8. The number of methoxy groups -OCH3 is 2. The Bertz CT molecular complexity index is 3770. The Morgan fingerprint density at radius 3 is 0.638 bits per heavy atom. The van der Waals surface area contributed by atoms with Gasteiger partial charge in [-0.25, -0.2) is 9.59 Å². The van der Waals surface area contributed by atoms with Crippen LogP contribution in [-0.4, -0.2) is 47.0 Å². The van der Waals surface area contributed by atoms with Crippen molar-refractivity contribution in [2.45, 2.75) is 253 Å². The van der Waals surface area contributed by atoms with Crippen molar-refractivity contribution in [3.63, 3.8) is 0 Å². The zero-order valence-corrected chi connectivity index (χ0v) is 64.6. The molecule has 0 aliphatic rings. The lowest BCUT2D eigenvalue weighted by molar-refractivity contribution is 0.0553. The van der Waals surface area contributed by atoms with Gasteiger partial charge in [-0.05, 0) is 328 Å². The highest BCUT2D eigenvalue weighted by molar-refractivity contribution is 9.09. The van der Waals surface area contributed by atoms with Gasteiger partial charge in [0.05, 0.1) is 38.6 Å². The van der Waals surface area contributed by atoms with E-state index in [0.717, 1.165) is 146 Å². The molecule has 0 saturated heterocycles. The van der Waals surface area contributed by atoms with Gasteiger partial charge in [0.15, 0.2) is 0 Å². The molecule has 0 aromatic heterocycles. The number of hydrogen-bond acceptors (Lipinski definition) is 6. The minimum Gasteiger partial charge on any atom is -0.465 e. The first kappa shape index (κ1) is 77.4. The number of aliphatic hydroxyl groups excluding tert-OH is 2. The normalized spacial score (nSPS) is 11.9. The Labute approximate surface area is 583 Å². The van der Waals surface area contributed by atoms with E-state index in [-0.39, 0.29) is 13.2 Å². The number of carbonyl (C=O) groups excluding carboxylic acids is 2. The van der Waals surface area contributed by atoms with E-state index in [9.17, 15) is 19.8 Å². The molecule has 0 saturated carbocycles. The molecule has 6 nitrogen and oxygen atoms in total. The second kappa shape index (κ2) is 36.1. The van der Waals surface area contributed by atoms with Crippen LogP contribution in [0.15, 0.2) is 48.6 Å². The van der Waals surface area contributed by atoms with E-state index in [2.05, 4.69) is 191 Å². The molecule has 0 aliphatic carbocycles. The van der Waals surface area contributed by atoms with Crippen LogP contribution in [0.2, 0.25) is 0 Å². The van der Waals surface area contributed by atoms with Crippen LogP contribution >= 0.6 is 31.9 Å². The number of aryl methyl sites for hydroxylation is 10. The minimum atomic E-state index is -0.491. The summed E-state index contributed by atoms with van der Waals surface area (Å²) in [6, 6.07) is 14.4. The number of fused-ring (bicyclic) bond motifs is 5. The molecule has 8 aromatic rings. The minimum absolute atomic E-state index is 0.0180. The van der Waals surface area contributed by atoms with Gasteiger partial charge in [-0.1, -0.05) is 169 Å². The molecule has 0 spiro atoms. The molecule has 0 atom stereocenters. The van der Waals surface area contributed by atoms with Gasteiger partial charge in [0, 0.05) is 10.7 Å². The van der Waals surface area contributed by atoms with Gasteiger partial charge in [-0.15, -0.1) is 0 Å². The van der Waals surface area contributed by atoms with E-state index >= 15 is 0 Å². The van der Waals surface area contributed by atoms with E-state index < -0.39 is 11.9 Å². The highest BCUT2D eigenvalue weighted by Gasteiger charge is 2.30. The summed E-state index contributed by atoms with van der Waals surface area (Å²) in [5.74, 6) is -0.982. The third kappa shape index (κ3) is 14.5. The molecule has 8 heteroatoms. The molecular weight excluding hydrogens is 1290 g/mol. The van der Waals surface area contributed by atoms with Gasteiger partial charge < -0.3 is 19.7 Å². The number of hydrogen-bond donors (Lipinski definition) is 2. The van der Waals surface area contributed by atoms with Crippen molar-refractivity contribution in [3.05, 3.63) is 171 Å². The Hall–Kier alpha value is -5.64. The summed E-state index contributed by atoms with van der Waals surface area (Å²) in [6.45, 7) is 40.2. The van der Waals surface area contributed by atoms with Crippen molar-refractivity contribution in [1.29, 1.82) is 0 Å². The van der Waals surface area contributed by atoms with Gasteiger partial charge in [-0.2, -0.15) is 0 Å². The van der Waals surface area contributed by atoms with Crippen molar-refractivity contribution in [1.82, 2.24) is 0 Å². The molecule has 2 N–H and O–H groups in total. The van der Waals surface area contributed by atoms with Crippen molar-refractivity contribution in [3.8, 4) is 0 Å². The molecule has 0 fully saturated rings. The van der Waals surface area contributed by atoms with Crippen LogP contribution in [0.5, 0.6) is 0 Å². The third-order valence-corrected chi connectivity index (χ3v) is 21.4. The first-order chi connectivity index (χ1) is 45.5. The monoisotopic (exact) mass is 1400 g/mol. The topological polar surface area (TPSA) is 93.1 Å². The standard InChI is InChI=1S/C30H38O4.C28H38Br2.C28H38O2/c1-9-17-18(10-2)20(12-4)24-16-26-22(14-6)28(30(32)34-8)27(29(31)33-7)21(13-5)25(26)15-23(24)19(17)11-3;1-7-19(13-15-29)25-17-27-23(11-5)21(9-3)22(10-4)24(12-6)28(27)18-26(25)20(8-2)14-16-30;1-7-17-18(8-2)20(10-4)24-14-26-22(12-6)28(16-30)27(15-29)21(11-5)25(26)13-23(24)19(17)9-3/h15-16H,9-14H2,1-8H3;13-14,17-18H,7-12,15-16H2,1-6H3;13-14,29-30H,7-12,15-16H2,1-6H3/b;19-13+,20-14+;. The fraction of sp³-hybridized carbons (Fsp3) is 0.488. The SMILES string of the molecule is CC/C(=C\CBr)c1cc2c(CC)c(CC)c(CC)c(CC)c2cc1/C(=C/CBr)CC.CCc1c(CC)c(CC)c2cc3c(CC)c(C(=O)OC)c(C(=O)OC)c(CC)c3cc2c1CC.CCc1c(CC)c(CC)c2cc3c(CC)c(CO)c(CO)c(CC)c3cc2c1CC. The van der Waals surface area contributed by atoms with Crippen LogP contribution in [0.3, 0.4) is 0 Å². The maximum absolute atomic E-state index is 13.0. The molecule has 94 heavy (non-hydrogen) atoms. The zero-order valence-electron chi connectivity index (χ0n) is 61.5. The van der Waals surface area contributed by atoms with E-state index in [0.29, 0.717) is 24.0 Å². The molecule has 0 bridgehead atoms. The average Bonchev–Trinajstić information content (AvgIpc) is 0.742. The summed E-state index contributed by atoms with van der Waals surface area (Å²) in [5.41, 5.74) is 30.4. The van der Waals surface area contributed by atoms with Crippen LogP contribution in [0.25, 0.3) is 65.0 Å². The van der Waals surface area contributed by atoms with Gasteiger partial charge in [0.1, 0.15) is 0 Å². The predicted octanol–water partition coefficient (Wildman–Crippen LogP) is 22.8. The van der Waals surface area contributed by atoms with Crippen LogP contribution in [0, 0.1) is 0 Å². The van der Waals surface area contributed by atoms with Crippen LogP contribution < -0.4 is 0 Å². The first-order valence-electron chi connectivity index (χ1n) is 36.2. The van der Waals surface area contributed by atoms with Crippen molar-refractivity contribution >= 4 is 109 Å².